The number of fused-ring (bicyclic) bond motifs is 1. The summed E-state index contributed by atoms with van der Waals surface area (Å²) >= 11 is 5.69. The second-order valence-electron chi connectivity index (χ2n) is 4.27. The third-order valence-corrected chi connectivity index (χ3v) is 3.07. The Balaban J connectivity index is 2.14. The number of hydrogen-bond acceptors (Lipinski definition) is 3. The third kappa shape index (κ3) is 2.58. The molecule has 1 aromatic heterocycles. The fourth-order valence-electron chi connectivity index (χ4n) is 2.01. The lowest BCUT2D eigenvalue weighted by Gasteiger charge is -2.09. The van der Waals surface area contributed by atoms with Gasteiger partial charge >= 0.3 is 0 Å². The van der Waals surface area contributed by atoms with Crippen molar-refractivity contribution in [3.05, 3.63) is 54.6 Å². The number of nitrogens with zero attached hydrogens (tertiary/aromatic N) is 2. The van der Waals surface area contributed by atoms with Crippen molar-refractivity contribution >= 4 is 22.5 Å². The number of hydrogen-bond donors (Lipinski definition) is 0. The number of halogens is 1. The van der Waals surface area contributed by atoms with E-state index in [0.717, 1.165) is 16.5 Å². The highest BCUT2D eigenvalue weighted by atomic mass is 35.5. The lowest BCUT2D eigenvalue weighted by Crippen LogP contribution is -2.02. The molecule has 3 rings (SSSR count). The molecule has 0 aliphatic carbocycles. The summed E-state index contributed by atoms with van der Waals surface area (Å²) in [6.45, 7) is 0.427. The lowest BCUT2D eigenvalue weighted by molar-refractivity contribution is 0.334. The van der Waals surface area contributed by atoms with Gasteiger partial charge in [0.05, 0.1) is 16.8 Å². The minimum atomic E-state index is 0.427. The molecular weight excluding hydrogens is 272 g/mol. The Labute approximate surface area is 122 Å². The van der Waals surface area contributed by atoms with Crippen LogP contribution in [0.4, 0.5) is 0 Å². The van der Waals surface area contributed by atoms with Crippen molar-refractivity contribution in [2.24, 2.45) is 0 Å². The van der Waals surface area contributed by atoms with Crippen LogP contribution in [0.5, 0.6) is 5.88 Å². The van der Waals surface area contributed by atoms with E-state index in [0.29, 0.717) is 24.2 Å². The summed E-state index contributed by atoms with van der Waals surface area (Å²) in [6.07, 6.45) is 0. The summed E-state index contributed by atoms with van der Waals surface area (Å²) in [6, 6.07) is 17.7. The zero-order valence-electron chi connectivity index (χ0n) is 10.8. The Hall–Kier alpha value is -2.13. The van der Waals surface area contributed by atoms with Gasteiger partial charge in [-0.1, -0.05) is 42.5 Å². The van der Waals surface area contributed by atoms with Crippen LogP contribution in [0.1, 0.15) is 0 Å². The molecule has 20 heavy (non-hydrogen) atoms. The summed E-state index contributed by atoms with van der Waals surface area (Å²) in [5, 5.41) is 0.900. The predicted molar refractivity (Wildman–Crippen MR) is 81.2 cm³/mol. The molecule has 0 fully saturated rings. The first-order valence-corrected chi connectivity index (χ1v) is 6.93. The van der Waals surface area contributed by atoms with Crippen molar-refractivity contribution in [1.29, 1.82) is 0 Å². The van der Waals surface area contributed by atoms with Crippen LogP contribution in [0.2, 0.25) is 0 Å². The summed E-state index contributed by atoms with van der Waals surface area (Å²) in [5.74, 6) is 1.67. The largest absolute Gasteiger partial charge is 0.476 e. The maximum Gasteiger partial charge on any atom is 0.225 e. The Morgan fingerprint density at radius 1 is 0.900 bits per heavy atom. The van der Waals surface area contributed by atoms with Crippen molar-refractivity contribution in [2.75, 3.05) is 12.5 Å². The molecule has 4 heteroatoms. The molecule has 3 aromatic rings. The predicted octanol–water partition coefficient (Wildman–Crippen LogP) is 3.91. The topological polar surface area (TPSA) is 35.0 Å². The SMILES string of the molecule is ClCCOc1nc(-c2ccccc2)nc2ccccc12. The van der Waals surface area contributed by atoms with Gasteiger partial charge < -0.3 is 4.74 Å². The normalized spacial score (nSPS) is 10.7. The van der Waals surface area contributed by atoms with Gasteiger partial charge in [0.25, 0.3) is 0 Å². The van der Waals surface area contributed by atoms with E-state index in [1.165, 1.54) is 0 Å². The molecule has 2 aromatic carbocycles. The van der Waals surface area contributed by atoms with Gasteiger partial charge in [-0.05, 0) is 12.1 Å². The van der Waals surface area contributed by atoms with E-state index in [1.807, 2.05) is 54.6 Å². The second-order valence-corrected chi connectivity index (χ2v) is 4.65. The van der Waals surface area contributed by atoms with Crippen LogP contribution >= 0.6 is 11.6 Å². The average Bonchev–Trinajstić information content (AvgIpc) is 2.53. The maximum absolute atomic E-state index is 5.69. The number of ether oxygens (including phenoxy) is 1. The van der Waals surface area contributed by atoms with Crippen molar-refractivity contribution in [2.45, 2.75) is 0 Å². The van der Waals surface area contributed by atoms with Crippen molar-refractivity contribution in [3.63, 3.8) is 0 Å². The number of aromatic nitrogens is 2. The molecule has 0 aliphatic rings. The first kappa shape index (κ1) is 12.9. The molecule has 100 valence electrons. The number of alkyl halides is 1. The van der Waals surface area contributed by atoms with E-state index in [1.54, 1.807) is 0 Å². The van der Waals surface area contributed by atoms with Gasteiger partial charge in [-0.15, -0.1) is 11.6 Å². The maximum atomic E-state index is 5.69. The summed E-state index contributed by atoms with van der Waals surface area (Å²) < 4.78 is 5.65. The zero-order chi connectivity index (χ0) is 13.8. The summed E-state index contributed by atoms with van der Waals surface area (Å²) in [5.41, 5.74) is 1.83. The van der Waals surface area contributed by atoms with Gasteiger partial charge in [-0.2, -0.15) is 4.98 Å². The third-order valence-electron chi connectivity index (χ3n) is 2.92. The molecule has 0 bridgehead atoms. The van der Waals surface area contributed by atoms with Gasteiger partial charge in [-0.3, -0.25) is 0 Å². The van der Waals surface area contributed by atoms with Crippen LogP contribution in [0.3, 0.4) is 0 Å². The Morgan fingerprint density at radius 2 is 1.65 bits per heavy atom. The van der Waals surface area contributed by atoms with Crippen molar-refractivity contribution in [3.8, 4) is 17.3 Å². The van der Waals surface area contributed by atoms with Gasteiger partial charge in [-0.25, -0.2) is 4.98 Å². The number of para-hydroxylation sites is 1. The highest BCUT2D eigenvalue weighted by Gasteiger charge is 2.09. The number of benzene rings is 2. The molecule has 0 unspecified atom stereocenters. The molecule has 3 nitrogen and oxygen atoms in total. The standard InChI is InChI=1S/C16H13ClN2O/c17-10-11-20-16-13-8-4-5-9-14(13)18-15(19-16)12-6-2-1-3-7-12/h1-9H,10-11H2. The van der Waals surface area contributed by atoms with E-state index < -0.39 is 0 Å². The summed E-state index contributed by atoms with van der Waals surface area (Å²) in [4.78, 5) is 9.11. The molecule has 0 spiro atoms. The first-order valence-electron chi connectivity index (χ1n) is 6.39. The molecule has 0 saturated carbocycles. The van der Waals surface area contributed by atoms with Gasteiger partial charge in [0, 0.05) is 5.56 Å². The first-order chi connectivity index (χ1) is 9.88. The van der Waals surface area contributed by atoms with Gasteiger partial charge in [0.2, 0.25) is 5.88 Å². The van der Waals surface area contributed by atoms with Crippen LogP contribution in [-0.4, -0.2) is 22.5 Å². The van der Waals surface area contributed by atoms with Gasteiger partial charge in [0.1, 0.15) is 6.61 Å². The van der Waals surface area contributed by atoms with E-state index in [-0.39, 0.29) is 0 Å². The van der Waals surface area contributed by atoms with E-state index in [2.05, 4.69) is 9.97 Å². The van der Waals surface area contributed by atoms with E-state index >= 15 is 0 Å². The van der Waals surface area contributed by atoms with Gasteiger partial charge in [0.15, 0.2) is 5.82 Å². The molecule has 0 N–H and O–H groups in total. The zero-order valence-corrected chi connectivity index (χ0v) is 11.5. The van der Waals surface area contributed by atoms with Crippen molar-refractivity contribution in [1.82, 2.24) is 9.97 Å². The second kappa shape index (κ2) is 5.88. The van der Waals surface area contributed by atoms with Crippen LogP contribution in [-0.2, 0) is 0 Å². The molecule has 0 atom stereocenters. The van der Waals surface area contributed by atoms with Crippen LogP contribution in [0.25, 0.3) is 22.3 Å². The fourth-order valence-corrected chi connectivity index (χ4v) is 2.09. The Bertz CT molecular complexity index is 716. The van der Waals surface area contributed by atoms with Crippen LogP contribution < -0.4 is 4.74 Å². The fraction of sp³-hybridized carbons (Fsp3) is 0.125. The van der Waals surface area contributed by atoms with E-state index in [9.17, 15) is 0 Å². The van der Waals surface area contributed by atoms with Crippen LogP contribution in [0, 0.1) is 0 Å². The van der Waals surface area contributed by atoms with Crippen molar-refractivity contribution < 1.29 is 4.74 Å². The molecule has 0 radical (unpaired) electrons. The minimum Gasteiger partial charge on any atom is -0.476 e. The minimum absolute atomic E-state index is 0.427. The van der Waals surface area contributed by atoms with E-state index in [4.69, 9.17) is 16.3 Å². The smallest absolute Gasteiger partial charge is 0.225 e. The highest BCUT2D eigenvalue weighted by molar-refractivity contribution is 6.18. The monoisotopic (exact) mass is 284 g/mol. The molecule has 0 aliphatic heterocycles. The number of rotatable bonds is 4. The Kier molecular flexibility index (Phi) is 3.79. The highest BCUT2D eigenvalue weighted by Crippen LogP contribution is 2.26. The summed E-state index contributed by atoms with van der Waals surface area (Å²) in [7, 11) is 0. The average molecular weight is 285 g/mol. The lowest BCUT2D eigenvalue weighted by atomic mass is 10.2. The molecule has 0 amide bonds. The Morgan fingerprint density at radius 3 is 2.45 bits per heavy atom. The van der Waals surface area contributed by atoms with Crippen LogP contribution in [0.15, 0.2) is 54.6 Å². The molecule has 0 saturated heterocycles. The molecule has 1 heterocycles. The quantitative estimate of drug-likeness (QED) is 0.681. The molecular formula is C16H13ClN2O.